The first-order valence-corrected chi connectivity index (χ1v) is 7.35. The summed E-state index contributed by atoms with van der Waals surface area (Å²) in [5, 5.41) is 3.19. The number of anilines is 1. The molecule has 2 nitrogen and oxygen atoms in total. The van der Waals surface area contributed by atoms with Gasteiger partial charge < -0.3 is 5.32 Å². The number of halogens is 2. The van der Waals surface area contributed by atoms with Gasteiger partial charge in [0, 0.05) is 39.0 Å². The summed E-state index contributed by atoms with van der Waals surface area (Å²) in [5.74, 6) is 0. The zero-order valence-electron chi connectivity index (χ0n) is 10.1. The van der Waals surface area contributed by atoms with Crippen LogP contribution in [0.25, 0.3) is 0 Å². The Labute approximate surface area is 129 Å². The average Bonchev–Trinajstić information content (AvgIpc) is 2.43. The molecule has 0 aromatic heterocycles. The van der Waals surface area contributed by atoms with Crippen LogP contribution in [0.2, 0.25) is 0 Å². The van der Waals surface area contributed by atoms with Crippen LogP contribution in [0.3, 0.4) is 0 Å². The molecular formula is C15H13Br2N2+. The Morgan fingerprint density at radius 3 is 2.05 bits per heavy atom. The van der Waals surface area contributed by atoms with E-state index in [9.17, 15) is 0 Å². The van der Waals surface area contributed by atoms with Gasteiger partial charge in [-0.2, -0.15) is 0 Å². The maximum atomic E-state index is 3.40. The fraction of sp³-hybridized carbons (Fsp3) is 0. The Bertz CT molecular complexity index is 572. The SMILES string of the molecule is Brc1ccc(NC=CC=[NH+]c2ccc(Br)cc2)cc1. The van der Waals surface area contributed by atoms with Gasteiger partial charge in [-0.15, -0.1) is 0 Å². The third-order valence-electron chi connectivity index (χ3n) is 2.38. The van der Waals surface area contributed by atoms with Gasteiger partial charge in [-0.05, 0) is 36.4 Å². The van der Waals surface area contributed by atoms with Crippen molar-refractivity contribution in [3.8, 4) is 0 Å². The van der Waals surface area contributed by atoms with E-state index in [4.69, 9.17) is 0 Å². The lowest BCUT2D eigenvalue weighted by molar-refractivity contribution is -0.346. The fourth-order valence-corrected chi connectivity index (χ4v) is 1.96. The lowest BCUT2D eigenvalue weighted by Gasteiger charge is -1.98. The third-order valence-corrected chi connectivity index (χ3v) is 3.44. The van der Waals surface area contributed by atoms with Gasteiger partial charge in [0.05, 0.1) is 0 Å². The van der Waals surface area contributed by atoms with Crippen LogP contribution in [0.5, 0.6) is 0 Å². The predicted molar refractivity (Wildman–Crippen MR) is 87.7 cm³/mol. The van der Waals surface area contributed by atoms with Gasteiger partial charge in [0.1, 0.15) is 0 Å². The van der Waals surface area contributed by atoms with E-state index in [-0.39, 0.29) is 0 Å². The van der Waals surface area contributed by atoms with Crippen LogP contribution in [0.1, 0.15) is 0 Å². The van der Waals surface area contributed by atoms with E-state index in [2.05, 4.69) is 42.2 Å². The van der Waals surface area contributed by atoms with Gasteiger partial charge in [0.15, 0.2) is 6.21 Å². The van der Waals surface area contributed by atoms with E-state index in [0.717, 1.165) is 20.3 Å². The summed E-state index contributed by atoms with van der Waals surface area (Å²) < 4.78 is 2.15. The van der Waals surface area contributed by atoms with Crippen molar-refractivity contribution in [2.45, 2.75) is 0 Å². The second kappa shape index (κ2) is 7.26. The normalized spacial score (nSPS) is 11.3. The van der Waals surface area contributed by atoms with E-state index < -0.39 is 0 Å². The molecule has 2 rings (SSSR count). The molecule has 0 aliphatic heterocycles. The topological polar surface area (TPSA) is 26.0 Å². The van der Waals surface area contributed by atoms with E-state index in [0.29, 0.717) is 0 Å². The van der Waals surface area contributed by atoms with Gasteiger partial charge in [-0.1, -0.05) is 31.9 Å². The van der Waals surface area contributed by atoms with Crippen molar-refractivity contribution in [1.82, 2.24) is 0 Å². The van der Waals surface area contributed by atoms with Crippen LogP contribution >= 0.6 is 31.9 Å². The van der Waals surface area contributed by atoms with Crippen molar-refractivity contribution in [1.29, 1.82) is 0 Å². The molecule has 0 heterocycles. The van der Waals surface area contributed by atoms with Gasteiger partial charge in [0.25, 0.3) is 0 Å². The minimum absolute atomic E-state index is 1.05. The average molecular weight is 381 g/mol. The maximum Gasteiger partial charge on any atom is 0.203 e. The second-order valence-corrected chi connectivity index (χ2v) is 5.66. The van der Waals surface area contributed by atoms with Crippen LogP contribution in [0, 0.1) is 0 Å². The molecule has 0 radical (unpaired) electrons. The molecule has 2 aromatic carbocycles. The molecule has 0 aliphatic rings. The molecule has 96 valence electrons. The monoisotopic (exact) mass is 379 g/mol. The number of hydrogen-bond donors (Lipinski definition) is 2. The van der Waals surface area contributed by atoms with Crippen LogP contribution in [0.4, 0.5) is 11.4 Å². The molecule has 0 spiro atoms. The molecule has 4 heteroatoms. The summed E-state index contributed by atoms with van der Waals surface area (Å²) in [7, 11) is 0. The van der Waals surface area contributed by atoms with Gasteiger partial charge in [-0.25, -0.2) is 4.99 Å². The zero-order chi connectivity index (χ0) is 13.5. The molecule has 2 N–H and O–H groups in total. The number of nitrogens with one attached hydrogen (secondary N) is 2. The second-order valence-electron chi connectivity index (χ2n) is 3.83. The number of rotatable bonds is 4. The van der Waals surface area contributed by atoms with Crippen molar-refractivity contribution >= 4 is 49.4 Å². The fourth-order valence-electron chi connectivity index (χ4n) is 1.43. The smallest absolute Gasteiger partial charge is 0.203 e. The highest BCUT2D eigenvalue weighted by Gasteiger charge is 1.92. The Kier molecular flexibility index (Phi) is 5.36. The zero-order valence-corrected chi connectivity index (χ0v) is 13.3. The van der Waals surface area contributed by atoms with Crippen LogP contribution in [0.15, 0.2) is 69.8 Å². The highest BCUT2D eigenvalue weighted by molar-refractivity contribution is 9.10. The van der Waals surface area contributed by atoms with E-state index in [1.54, 1.807) is 0 Å². The lowest BCUT2D eigenvalue weighted by Crippen LogP contribution is -2.60. The van der Waals surface area contributed by atoms with E-state index >= 15 is 0 Å². The van der Waals surface area contributed by atoms with Crippen molar-refractivity contribution in [3.05, 3.63) is 69.8 Å². The van der Waals surface area contributed by atoms with Gasteiger partial charge in [-0.3, -0.25) is 0 Å². The number of benzene rings is 2. The summed E-state index contributed by atoms with van der Waals surface area (Å²) >= 11 is 6.81. The Balaban J connectivity index is 1.86. The van der Waals surface area contributed by atoms with E-state index in [1.165, 1.54) is 0 Å². The molecule has 0 bridgehead atoms. The standard InChI is InChI=1S/C15H12Br2N2/c16-12-2-6-14(7-3-12)18-10-1-11-19-15-8-4-13(17)5-9-15/h1-11,18H/p+1. The summed E-state index contributed by atoms with van der Waals surface area (Å²) in [4.78, 5) is 3.19. The van der Waals surface area contributed by atoms with Gasteiger partial charge in [0.2, 0.25) is 5.69 Å². The van der Waals surface area contributed by atoms with Crippen molar-refractivity contribution in [2.75, 3.05) is 5.32 Å². The molecular weight excluding hydrogens is 368 g/mol. The largest absolute Gasteiger partial charge is 0.361 e. The van der Waals surface area contributed by atoms with Crippen molar-refractivity contribution in [3.63, 3.8) is 0 Å². The molecule has 0 aliphatic carbocycles. The lowest BCUT2D eigenvalue weighted by atomic mass is 10.3. The highest BCUT2D eigenvalue weighted by Crippen LogP contribution is 2.13. The summed E-state index contributed by atoms with van der Waals surface area (Å²) in [6.07, 6.45) is 5.69. The molecule has 0 saturated heterocycles. The van der Waals surface area contributed by atoms with Crippen molar-refractivity contribution < 1.29 is 4.99 Å². The van der Waals surface area contributed by atoms with E-state index in [1.807, 2.05) is 67.0 Å². The van der Waals surface area contributed by atoms with Crippen LogP contribution in [-0.4, -0.2) is 6.21 Å². The summed E-state index contributed by atoms with van der Waals surface area (Å²) in [5.41, 5.74) is 2.10. The molecule has 19 heavy (non-hydrogen) atoms. The minimum atomic E-state index is 1.05. The minimum Gasteiger partial charge on any atom is -0.361 e. The highest BCUT2D eigenvalue weighted by atomic mass is 79.9. The van der Waals surface area contributed by atoms with Gasteiger partial charge >= 0.3 is 0 Å². The summed E-state index contributed by atoms with van der Waals surface area (Å²) in [6.45, 7) is 0. The number of hydrogen-bond acceptors (Lipinski definition) is 1. The Morgan fingerprint density at radius 2 is 1.42 bits per heavy atom. The summed E-state index contributed by atoms with van der Waals surface area (Å²) in [6, 6.07) is 16.0. The van der Waals surface area contributed by atoms with Crippen LogP contribution < -0.4 is 10.3 Å². The Morgan fingerprint density at radius 1 is 0.842 bits per heavy atom. The molecule has 2 aromatic rings. The first kappa shape index (κ1) is 14.0. The third kappa shape index (κ3) is 5.01. The first-order valence-electron chi connectivity index (χ1n) is 5.76. The molecule has 0 atom stereocenters. The van der Waals surface area contributed by atoms with Crippen LogP contribution in [-0.2, 0) is 0 Å². The molecule has 0 saturated carbocycles. The first-order chi connectivity index (χ1) is 9.24. The van der Waals surface area contributed by atoms with Crippen molar-refractivity contribution in [2.24, 2.45) is 0 Å². The molecule has 0 amide bonds. The molecule has 0 unspecified atom stereocenters. The number of allylic oxidation sites excluding steroid dienone is 1. The maximum absolute atomic E-state index is 3.40. The predicted octanol–water partition coefficient (Wildman–Crippen LogP) is 3.62. The quantitative estimate of drug-likeness (QED) is 0.778. The Hall–Kier alpha value is -1.39. The molecule has 0 fully saturated rings.